The van der Waals surface area contributed by atoms with E-state index >= 15 is 0 Å². The van der Waals surface area contributed by atoms with Crippen LogP contribution in [0.15, 0.2) is 18.2 Å². The highest BCUT2D eigenvalue weighted by molar-refractivity contribution is 5.46. The van der Waals surface area contributed by atoms with Crippen LogP contribution in [0.2, 0.25) is 0 Å². The van der Waals surface area contributed by atoms with Crippen molar-refractivity contribution in [2.75, 3.05) is 13.2 Å². The van der Waals surface area contributed by atoms with E-state index in [9.17, 15) is 14.5 Å². The Kier molecular flexibility index (Phi) is 2.51. The highest BCUT2D eigenvalue weighted by atomic mass is 19.1. The number of nitro groups is 1. The maximum Gasteiger partial charge on any atom is 0.313 e. The monoisotopic (exact) mass is 213 g/mol. The van der Waals surface area contributed by atoms with E-state index in [1.807, 2.05) is 0 Å². The summed E-state index contributed by atoms with van der Waals surface area (Å²) in [6.45, 7) is 0.822. The third-order valence-electron chi connectivity index (χ3n) is 2.02. The highest BCUT2D eigenvalue weighted by Gasteiger charge is 2.24. The van der Waals surface area contributed by atoms with Gasteiger partial charge in [0.05, 0.1) is 24.2 Å². The molecule has 5 nitrogen and oxygen atoms in total. The fraction of sp³-hybridized carbons (Fsp3) is 0.333. The molecule has 0 atom stereocenters. The van der Waals surface area contributed by atoms with Gasteiger partial charge in [0, 0.05) is 0 Å². The summed E-state index contributed by atoms with van der Waals surface area (Å²) in [5.41, 5.74) is -0.359. The van der Waals surface area contributed by atoms with Crippen molar-refractivity contribution in [3.63, 3.8) is 0 Å². The van der Waals surface area contributed by atoms with E-state index in [1.54, 1.807) is 0 Å². The topological polar surface area (TPSA) is 61.6 Å². The molecule has 0 aliphatic carbocycles. The van der Waals surface area contributed by atoms with Crippen LogP contribution in [0.5, 0.6) is 5.75 Å². The smallest absolute Gasteiger partial charge is 0.313 e. The number of nitrogens with zero attached hydrogens (tertiary/aromatic N) is 1. The second-order valence-corrected chi connectivity index (χ2v) is 3.15. The number of hydrogen-bond donors (Lipinski definition) is 0. The first-order chi connectivity index (χ1) is 7.16. The van der Waals surface area contributed by atoms with Gasteiger partial charge in [0.2, 0.25) is 0 Å². The molecular formula is C9H8FNO4. The quantitative estimate of drug-likeness (QED) is 0.564. The van der Waals surface area contributed by atoms with Gasteiger partial charge < -0.3 is 9.47 Å². The molecule has 1 aliphatic rings. The highest BCUT2D eigenvalue weighted by Crippen LogP contribution is 2.29. The molecule has 0 N–H and O–H groups in total. The Morgan fingerprint density at radius 1 is 1.53 bits per heavy atom. The maximum atomic E-state index is 12.8. The molecule has 0 unspecified atom stereocenters. The van der Waals surface area contributed by atoms with Gasteiger partial charge in [0.1, 0.15) is 11.9 Å². The van der Waals surface area contributed by atoms with E-state index < -0.39 is 10.7 Å². The predicted molar refractivity (Wildman–Crippen MR) is 48.3 cm³/mol. The van der Waals surface area contributed by atoms with E-state index in [0.717, 1.165) is 12.1 Å². The molecule has 1 saturated heterocycles. The Balaban J connectivity index is 2.23. The molecule has 0 radical (unpaired) electrons. The predicted octanol–water partition coefficient (Wildman–Crippen LogP) is 1.51. The number of ether oxygens (including phenoxy) is 2. The normalized spacial score (nSPS) is 15.8. The molecule has 1 aromatic carbocycles. The molecule has 0 spiro atoms. The van der Waals surface area contributed by atoms with Gasteiger partial charge in [-0.3, -0.25) is 10.1 Å². The lowest BCUT2D eigenvalue weighted by Gasteiger charge is -2.26. The number of rotatable bonds is 3. The third kappa shape index (κ3) is 2.04. The van der Waals surface area contributed by atoms with Gasteiger partial charge in [-0.05, 0) is 12.1 Å². The van der Waals surface area contributed by atoms with Crippen LogP contribution in [0.4, 0.5) is 10.1 Å². The largest absolute Gasteiger partial charge is 0.479 e. The minimum Gasteiger partial charge on any atom is -0.479 e. The summed E-state index contributed by atoms with van der Waals surface area (Å²) < 4.78 is 22.9. The fourth-order valence-corrected chi connectivity index (χ4v) is 1.19. The van der Waals surface area contributed by atoms with Crippen molar-refractivity contribution in [1.82, 2.24) is 0 Å². The lowest BCUT2D eigenvalue weighted by atomic mass is 10.2. The zero-order valence-electron chi connectivity index (χ0n) is 7.68. The van der Waals surface area contributed by atoms with Crippen LogP contribution in [0, 0.1) is 15.9 Å². The minimum atomic E-state index is -0.669. The van der Waals surface area contributed by atoms with Crippen molar-refractivity contribution >= 4 is 5.69 Å². The van der Waals surface area contributed by atoms with Gasteiger partial charge in [-0.25, -0.2) is 4.39 Å². The van der Waals surface area contributed by atoms with E-state index in [4.69, 9.17) is 9.47 Å². The molecule has 0 saturated carbocycles. The molecule has 2 rings (SSSR count). The molecule has 15 heavy (non-hydrogen) atoms. The SMILES string of the molecule is O=[N+]([O-])c1cc(F)ccc1OC1COC1. The van der Waals surface area contributed by atoms with Crippen LogP contribution < -0.4 is 4.74 Å². The van der Waals surface area contributed by atoms with Gasteiger partial charge >= 0.3 is 5.69 Å². The van der Waals surface area contributed by atoms with E-state index in [0.29, 0.717) is 13.2 Å². The summed E-state index contributed by atoms with van der Waals surface area (Å²) in [6, 6.07) is 3.22. The number of benzene rings is 1. The van der Waals surface area contributed by atoms with E-state index in [-0.39, 0.29) is 17.5 Å². The second-order valence-electron chi connectivity index (χ2n) is 3.15. The summed E-state index contributed by atoms with van der Waals surface area (Å²) >= 11 is 0. The fourth-order valence-electron chi connectivity index (χ4n) is 1.19. The summed E-state index contributed by atoms with van der Waals surface area (Å²) in [7, 11) is 0. The van der Waals surface area contributed by atoms with Crippen molar-refractivity contribution in [3.05, 3.63) is 34.1 Å². The first kappa shape index (κ1) is 9.85. The molecule has 1 heterocycles. The zero-order valence-corrected chi connectivity index (χ0v) is 7.68. The summed E-state index contributed by atoms with van der Waals surface area (Å²) in [5, 5.41) is 10.6. The minimum absolute atomic E-state index is 0.0784. The first-order valence-electron chi connectivity index (χ1n) is 4.35. The molecule has 0 bridgehead atoms. The van der Waals surface area contributed by atoms with Crippen molar-refractivity contribution in [3.8, 4) is 5.75 Å². The maximum absolute atomic E-state index is 12.8. The zero-order chi connectivity index (χ0) is 10.8. The molecule has 0 amide bonds. The molecule has 6 heteroatoms. The Bertz CT molecular complexity index is 392. The van der Waals surface area contributed by atoms with Crippen LogP contribution in [-0.2, 0) is 4.74 Å². The van der Waals surface area contributed by atoms with Crippen LogP contribution in [0.3, 0.4) is 0 Å². The number of hydrogen-bond acceptors (Lipinski definition) is 4. The van der Waals surface area contributed by atoms with Gasteiger partial charge in [-0.2, -0.15) is 0 Å². The average molecular weight is 213 g/mol. The number of nitro benzene ring substituents is 1. The van der Waals surface area contributed by atoms with Crippen LogP contribution in [0.25, 0.3) is 0 Å². The Labute approximate surface area is 84.6 Å². The molecule has 0 aromatic heterocycles. The molecule has 80 valence electrons. The molecule has 1 aromatic rings. The van der Waals surface area contributed by atoms with Gasteiger partial charge in [0.25, 0.3) is 0 Å². The van der Waals surface area contributed by atoms with Crippen molar-refractivity contribution < 1.29 is 18.8 Å². The molecule has 1 fully saturated rings. The van der Waals surface area contributed by atoms with Crippen LogP contribution in [-0.4, -0.2) is 24.2 Å². The first-order valence-corrected chi connectivity index (χ1v) is 4.35. The lowest BCUT2D eigenvalue weighted by molar-refractivity contribution is -0.386. The third-order valence-corrected chi connectivity index (χ3v) is 2.02. The molecular weight excluding hydrogens is 205 g/mol. The summed E-state index contributed by atoms with van der Waals surface area (Å²) in [6.07, 6.45) is -0.172. The van der Waals surface area contributed by atoms with Crippen LogP contribution in [0.1, 0.15) is 0 Å². The van der Waals surface area contributed by atoms with E-state index in [1.165, 1.54) is 6.07 Å². The Morgan fingerprint density at radius 3 is 2.80 bits per heavy atom. The Morgan fingerprint density at radius 2 is 2.27 bits per heavy atom. The average Bonchev–Trinajstić information content (AvgIpc) is 2.12. The van der Waals surface area contributed by atoms with E-state index in [2.05, 4.69) is 0 Å². The van der Waals surface area contributed by atoms with Gasteiger partial charge in [-0.1, -0.05) is 0 Å². The summed E-state index contributed by atoms with van der Waals surface area (Å²) in [5.74, 6) is -0.575. The lowest BCUT2D eigenvalue weighted by Crippen LogP contribution is -2.38. The van der Waals surface area contributed by atoms with Crippen LogP contribution >= 0.6 is 0 Å². The number of halogens is 1. The second kappa shape index (κ2) is 3.82. The van der Waals surface area contributed by atoms with Crippen molar-refractivity contribution in [1.29, 1.82) is 0 Å². The summed E-state index contributed by atoms with van der Waals surface area (Å²) in [4.78, 5) is 9.92. The van der Waals surface area contributed by atoms with Gasteiger partial charge in [0.15, 0.2) is 5.75 Å². The van der Waals surface area contributed by atoms with Crippen molar-refractivity contribution in [2.24, 2.45) is 0 Å². The Hall–Kier alpha value is -1.69. The molecule has 1 aliphatic heterocycles. The van der Waals surface area contributed by atoms with Gasteiger partial charge in [-0.15, -0.1) is 0 Å². The standard InChI is InChI=1S/C9H8FNO4/c10-6-1-2-9(8(3-6)11(12)13)15-7-4-14-5-7/h1-3,7H,4-5H2. The van der Waals surface area contributed by atoms with Crippen molar-refractivity contribution in [2.45, 2.75) is 6.10 Å².